The van der Waals surface area contributed by atoms with E-state index in [1.807, 2.05) is 17.0 Å². The van der Waals surface area contributed by atoms with Crippen LogP contribution in [0.25, 0.3) is 0 Å². The van der Waals surface area contributed by atoms with Gasteiger partial charge in [-0.3, -0.25) is 4.79 Å². The molecule has 4 rings (SSSR count). The molecule has 2 fully saturated rings. The molecule has 0 aliphatic carbocycles. The first-order valence-electron chi connectivity index (χ1n) is 10.7. The van der Waals surface area contributed by atoms with Crippen LogP contribution in [0.15, 0.2) is 54.6 Å². The van der Waals surface area contributed by atoms with Crippen LogP contribution in [-0.2, 0) is 6.54 Å². The Balaban J connectivity index is 1.29. The maximum Gasteiger partial charge on any atom is 0.253 e. The molecule has 2 aliphatic rings. The van der Waals surface area contributed by atoms with E-state index in [1.54, 1.807) is 4.90 Å². The largest absolute Gasteiger partial charge is 0.360 e. The molecule has 0 atom stereocenters. The fourth-order valence-electron chi connectivity index (χ4n) is 4.34. The van der Waals surface area contributed by atoms with Gasteiger partial charge < -0.3 is 14.7 Å². The van der Waals surface area contributed by atoms with Gasteiger partial charge in [0.2, 0.25) is 0 Å². The molecule has 0 unspecified atom stereocenters. The summed E-state index contributed by atoms with van der Waals surface area (Å²) in [4.78, 5) is 18.8. The number of hydrogen-bond donors (Lipinski definition) is 1. The summed E-state index contributed by atoms with van der Waals surface area (Å²) in [7, 11) is 0. The van der Waals surface area contributed by atoms with E-state index in [4.69, 9.17) is 0 Å². The number of piperazine rings is 1. The highest BCUT2D eigenvalue weighted by atomic mass is 16.2. The Morgan fingerprint density at radius 2 is 1.57 bits per heavy atom. The van der Waals surface area contributed by atoms with Crippen LogP contribution in [0.2, 0.25) is 0 Å². The van der Waals surface area contributed by atoms with Crippen LogP contribution in [-0.4, -0.2) is 50.1 Å². The lowest BCUT2D eigenvalue weighted by molar-refractivity contribution is -0.914. The van der Waals surface area contributed by atoms with Crippen LogP contribution in [0.4, 0.5) is 5.69 Å². The average molecular weight is 379 g/mol. The molecule has 1 N–H and O–H groups in total. The van der Waals surface area contributed by atoms with Gasteiger partial charge in [-0.25, -0.2) is 0 Å². The highest BCUT2D eigenvalue weighted by Gasteiger charge is 2.22. The zero-order valence-corrected chi connectivity index (χ0v) is 16.9. The number of carbonyl (C=O) groups is 1. The number of nitrogens with zero attached hydrogens (tertiary/aromatic N) is 2. The third-order valence-corrected chi connectivity index (χ3v) is 6.32. The summed E-state index contributed by atoms with van der Waals surface area (Å²) in [6, 6.07) is 19.0. The molecule has 2 aliphatic heterocycles. The summed E-state index contributed by atoms with van der Waals surface area (Å²) in [5.41, 5.74) is 3.49. The number of benzene rings is 2. The first kappa shape index (κ1) is 19.0. The number of anilines is 1. The molecule has 2 aromatic carbocycles. The standard InChI is InChI=1S/C24H31N3O/c1-20-11-13-27(14-12-20)24(28)22-9-7-21(8-10-22)19-25-15-17-26(18-16-25)23-5-3-2-4-6-23/h2-10,20H,11-19H2,1H3/p+1. The fraction of sp³-hybridized carbons (Fsp3) is 0.458. The van der Waals surface area contributed by atoms with E-state index in [2.05, 4.69) is 54.3 Å². The molecule has 4 nitrogen and oxygen atoms in total. The Hall–Kier alpha value is -2.33. The van der Waals surface area contributed by atoms with E-state index in [1.165, 1.54) is 11.3 Å². The van der Waals surface area contributed by atoms with E-state index >= 15 is 0 Å². The number of amides is 1. The summed E-state index contributed by atoms with van der Waals surface area (Å²) in [6.07, 6.45) is 2.25. The van der Waals surface area contributed by atoms with Crippen molar-refractivity contribution in [2.24, 2.45) is 5.92 Å². The maximum atomic E-state index is 12.7. The van der Waals surface area contributed by atoms with Crippen LogP contribution >= 0.6 is 0 Å². The molecule has 0 saturated carbocycles. The predicted molar refractivity (Wildman–Crippen MR) is 114 cm³/mol. The Labute approximate surface area is 168 Å². The third-order valence-electron chi connectivity index (χ3n) is 6.32. The van der Waals surface area contributed by atoms with E-state index in [0.29, 0.717) is 0 Å². The highest BCUT2D eigenvalue weighted by molar-refractivity contribution is 5.94. The molecule has 0 radical (unpaired) electrons. The van der Waals surface area contributed by atoms with Crippen molar-refractivity contribution in [3.05, 3.63) is 65.7 Å². The molecule has 0 spiro atoms. The van der Waals surface area contributed by atoms with Gasteiger partial charge in [-0.2, -0.15) is 0 Å². The monoisotopic (exact) mass is 378 g/mol. The summed E-state index contributed by atoms with van der Waals surface area (Å²) in [6.45, 7) is 9.63. The minimum atomic E-state index is 0.197. The Morgan fingerprint density at radius 1 is 0.929 bits per heavy atom. The van der Waals surface area contributed by atoms with Crippen molar-refractivity contribution in [1.29, 1.82) is 0 Å². The van der Waals surface area contributed by atoms with Crippen molar-refractivity contribution in [3.8, 4) is 0 Å². The SMILES string of the molecule is CC1CCN(C(=O)c2ccc(C[NH+]3CCN(c4ccccc4)CC3)cc2)CC1. The third kappa shape index (κ3) is 4.56. The van der Waals surface area contributed by atoms with Crippen LogP contribution in [0.5, 0.6) is 0 Å². The number of rotatable bonds is 4. The second-order valence-electron chi connectivity index (χ2n) is 8.42. The number of para-hydroxylation sites is 1. The zero-order chi connectivity index (χ0) is 19.3. The fourth-order valence-corrected chi connectivity index (χ4v) is 4.34. The number of quaternary nitrogens is 1. The first-order chi connectivity index (χ1) is 13.7. The lowest BCUT2D eigenvalue weighted by Gasteiger charge is -2.33. The van der Waals surface area contributed by atoms with Gasteiger partial charge in [-0.15, -0.1) is 0 Å². The normalized spacial score (nSPS) is 19.0. The summed E-state index contributed by atoms with van der Waals surface area (Å²) in [5, 5.41) is 0. The first-order valence-corrected chi connectivity index (χ1v) is 10.7. The van der Waals surface area contributed by atoms with Gasteiger partial charge in [0.1, 0.15) is 6.54 Å². The molecular weight excluding hydrogens is 346 g/mol. The second-order valence-corrected chi connectivity index (χ2v) is 8.42. The number of piperidine rings is 1. The Bertz CT molecular complexity index is 758. The number of hydrogen-bond acceptors (Lipinski definition) is 2. The molecule has 2 saturated heterocycles. The van der Waals surface area contributed by atoms with Crippen LogP contribution in [0, 0.1) is 5.92 Å². The highest BCUT2D eigenvalue weighted by Crippen LogP contribution is 2.18. The smallest absolute Gasteiger partial charge is 0.253 e. The molecule has 0 aromatic heterocycles. The van der Waals surface area contributed by atoms with E-state index in [-0.39, 0.29) is 5.91 Å². The molecule has 2 heterocycles. The van der Waals surface area contributed by atoms with Gasteiger partial charge in [0, 0.05) is 29.9 Å². The van der Waals surface area contributed by atoms with Gasteiger partial charge in [0.25, 0.3) is 5.91 Å². The Kier molecular flexibility index (Phi) is 5.96. The summed E-state index contributed by atoms with van der Waals surface area (Å²) >= 11 is 0. The molecule has 2 aromatic rings. The quantitative estimate of drug-likeness (QED) is 0.885. The van der Waals surface area contributed by atoms with Gasteiger partial charge in [0.15, 0.2) is 0 Å². The van der Waals surface area contributed by atoms with Crippen molar-refractivity contribution >= 4 is 11.6 Å². The van der Waals surface area contributed by atoms with E-state index in [0.717, 1.165) is 70.1 Å². The minimum absolute atomic E-state index is 0.197. The van der Waals surface area contributed by atoms with Crippen molar-refractivity contribution in [1.82, 2.24) is 4.90 Å². The topological polar surface area (TPSA) is 28.0 Å². The van der Waals surface area contributed by atoms with Crippen molar-refractivity contribution in [2.45, 2.75) is 26.3 Å². The minimum Gasteiger partial charge on any atom is -0.360 e. The maximum absolute atomic E-state index is 12.7. The van der Waals surface area contributed by atoms with Crippen LogP contribution in [0.3, 0.4) is 0 Å². The summed E-state index contributed by atoms with van der Waals surface area (Å²) in [5.74, 6) is 0.944. The lowest BCUT2D eigenvalue weighted by atomic mass is 9.98. The van der Waals surface area contributed by atoms with Gasteiger partial charge in [0.05, 0.1) is 26.2 Å². The molecule has 1 amide bonds. The van der Waals surface area contributed by atoms with Crippen molar-refractivity contribution in [2.75, 3.05) is 44.2 Å². The van der Waals surface area contributed by atoms with Crippen LogP contribution in [0.1, 0.15) is 35.7 Å². The molecule has 28 heavy (non-hydrogen) atoms. The Morgan fingerprint density at radius 3 is 2.21 bits per heavy atom. The average Bonchev–Trinajstić information content (AvgIpc) is 2.75. The van der Waals surface area contributed by atoms with Crippen LogP contribution < -0.4 is 9.80 Å². The van der Waals surface area contributed by atoms with Crippen molar-refractivity contribution in [3.63, 3.8) is 0 Å². The second kappa shape index (κ2) is 8.78. The summed E-state index contributed by atoms with van der Waals surface area (Å²) < 4.78 is 0. The van der Waals surface area contributed by atoms with Gasteiger partial charge in [-0.05, 0) is 43.0 Å². The number of nitrogens with one attached hydrogen (secondary N) is 1. The van der Waals surface area contributed by atoms with Gasteiger partial charge >= 0.3 is 0 Å². The van der Waals surface area contributed by atoms with Gasteiger partial charge in [-0.1, -0.05) is 37.3 Å². The molecule has 148 valence electrons. The lowest BCUT2D eigenvalue weighted by Crippen LogP contribution is -3.13. The number of carbonyl (C=O) groups excluding carboxylic acids is 1. The van der Waals surface area contributed by atoms with E-state index < -0.39 is 0 Å². The molecule has 0 bridgehead atoms. The molecular formula is C24H32N3O+. The zero-order valence-electron chi connectivity index (χ0n) is 16.9. The van der Waals surface area contributed by atoms with E-state index in [9.17, 15) is 4.79 Å². The number of likely N-dealkylation sites (tertiary alicyclic amines) is 1. The van der Waals surface area contributed by atoms with Crippen molar-refractivity contribution < 1.29 is 9.69 Å². The predicted octanol–water partition coefficient (Wildman–Crippen LogP) is 2.46. The molecule has 4 heteroatoms.